The Labute approximate surface area is 150 Å². The molecule has 1 aromatic carbocycles. The van der Waals surface area contributed by atoms with E-state index in [4.69, 9.17) is 19.9 Å². The lowest BCUT2D eigenvalue weighted by atomic mass is 9.83. The highest BCUT2D eigenvalue weighted by Gasteiger charge is 2.42. The quantitative estimate of drug-likeness (QED) is 0.810. The predicted molar refractivity (Wildman–Crippen MR) is 87.5 cm³/mol. The van der Waals surface area contributed by atoms with E-state index >= 15 is 0 Å². The molecule has 1 atom stereocenters. The summed E-state index contributed by atoms with van der Waals surface area (Å²) in [6, 6.07) is 12.9. The lowest BCUT2D eigenvalue weighted by molar-refractivity contribution is -0.192. The van der Waals surface area contributed by atoms with Crippen molar-refractivity contribution >= 4 is 5.97 Å². The summed E-state index contributed by atoms with van der Waals surface area (Å²) in [4.78, 5) is 11.1. The lowest BCUT2D eigenvalue weighted by Gasteiger charge is -2.37. The molecule has 1 N–H and O–H groups in total. The standard InChI is InChI=1S/C16H20N2O.C2HF3O2/c17-8-11-18-9-6-16(7-10-18)12-15(13-19-16)14-4-2-1-3-5-14;3-2(4,5)1(6)7/h1-5,15H,6-7,9-13H2;(H,6,7). The van der Waals surface area contributed by atoms with Crippen LogP contribution < -0.4 is 0 Å². The number of halogens is 3. The SMILES string of the molecule is N#CCN1CCC2(CC1)CC(c1ccccc1)CO2.O=C(O)C(F)(F)F. The molecule has 0 saturated carbocycles. The molecule has 2 saturated heterocycles. The number of ether oxygens (including phenoxy) is 1. The molecule has 2 fully saturated rings. The second-order valence-corrected chi connectivity index (χ2v) is 6.54. The number of likely N-dealkylation sites (tertiary alicyclic amines) is 1. The molecule has 0 bridgehead atoms. The third kappa shape index (κ3) is 5.44. The predicted octanol–water partition coefficient (Wildman–Crippen LogP) is 3.18. The first kappa shape index (κ1) is 20.2. The normalized spacial score (nSPS) is 22.3. The minimum atomic E-state index is -5.08. The largest absolute Gasteiger partial charge is 0.490 e. The zero-order valence-corrected chi connectivity index (χ0v) is 14.2. The van der Waals surface area contributed by atoms with Crippen LogP contribution in [0.3, 0.4) is 0 Å². The van der Waals surface area contributed by atoms with Gasteiger partial charge in [-0.25, -0.2) is 4.79 Å². The van der Waals surface area contributed by atoms with Crippen LogP contribution in [-0.4, -0.2) is 54.0 Å². The molecule has 2 aliphatic rings. The summed E-state index contributed by atoms with van der Waals surface area (Å²) in [5, 5.41) is 15.9. The molecule has 0 aromatic heterocycles. The first-order valence-corrected chi connectivity index (χ1v) is 8.34. The van der Waals surface area contributed by atoms with Crippen LogP contribution in [0.25, 0.3) is 0 Å². The monoisotopic (exact) mass is 370 g/mol. The number of carboxylic acids is 1. The van der Waals surface area contributed by atoms with Gasteiger partial charge in [-0.3, -0.25) is 4.90 Å². The van der Waals surface area contributed by atoms with E-state index in [1.54, 1.807) is 0 Å². The van der Waals surface area contributed by atoms with Gasteiger partial charge < -0.3 is 9.84 Å². The summed E-state index contributed by atoms with van der Waals surface area (Å²) < 4.78 is 37.9. The van der Waals surface area contributed by atoms with E-state index in [1.165, 1.54) is 5.56 Å². The number of hydrogen-bond donors (Lipinski definition) is 1. The molecule has 0 amide bonds. The Morgan fingerprint density at radius 3 is 2.38 bits per heavy atom. The molecule has 1 spiro atoms. The maximum atomic E-state index is 10.6. The summed E-state index contributed by atoms with van der Waals surface area (Å²) in [6.07, 6.45) is -1.81. The van der Waals surface area contributed by atoms with Gasteiger partial charge in [-0.05, 0) is 24.8 Å². The lowest BCUT2D eigenvalue weighted by Crippen LogP contribution is -2.44. The van der Waals surface area contributed by atoms with Crippen LogP contribution in [0.15, 0.2) is 30.3 Å². The fourth-order valence-corrected chi connectivity index (χ4v) is 3.35. The van der Waals surface area contributed by atoms with E-state index in [2.05, 4.69) is 41.3 Å². The van der Waals surface area contributed by atoms with E-state index in [-0.39, 0.29) is 5.60 Å². The van der Waals surface area contributed by atoms with Gasteiger partial charge in [-0.15, -0.1) is 0 Å². The highest BCUT2D eigenvalue weighted by Crippen LogP contribution is 2.42. The van der Waals surface area contributed by atoms with E-state index in [0.717, 1.165) is 39.0 Å². The Balaban J connectivity index is 0.000000298. The van der Waals surface area contributed by atoms with Gasteiger partial charge in [0.1, 0.15) is 0 Å². The van der Waals surface area contributed by atoms with Gasteiger partial charge in [0, 0.05) is 19.0 Å². The second kappa shape index (κ2) is 8.52. The van der Waals surface area contributed by atoms with Crippen LogP contribution in [0.2, 0.25) is 0 Å². The van der Waals surface area contributed by atoms with Gasteiger partial charge in [0.15, 0.2) is 0 Å². The van der Waals surface area contributed by atoms with Gasteiger partial charge in [-0.2, -0.15) is 18.4 Å². The Kier molecular flexibility index (Phi) is 6.62. The summed E-state index contributed by atoms with van der Waals surface area (Å²) in [5.74, 6) is -2.21. The number of rotatable bonds is 2. The molecule has 0 aliphatic carbocycles. The molecule has 0 radical (unpaired) electrons. The molecule has 2 heterocycles. The van der Waals surface area contributed by atoms with Gasteiger partial charge in [0.2, 0.25) is 0 Å². The molecule has 1 aromatic rings. The Bertz CT molecular complexity index is 635. The average molecular weight is 370 g/mol. The molecule has 8 heteroatoms. The van der Waals surface area contributed by atoms with Gasteiger partial charge in [0.05, 0.1) is 24.8 Å². The van der Waals surface area contributed by atoms with Crippen LogP contribution in [0.1, 0.15) is 30.7 Å². The Hall–Kier alpha value is -2.11. The highest BCUT2D eigenvalue weighted by molar-refractivity contribution is 5.73. The first-order valence-electron chi connectivity index (χ1n) is 8.34. The minimum absolute atomic E-state index is 0.0759. The zero-order chi connectivity index (χ0) is 19.2. The van der Waals surface area contributed by atoms with E-state index in [1.807, 2.05) is 0 Å². The molecule has 1 unspecified atom stereocenters. The Morgan fingerprint density at radius 2 is 1.88 bits per heavy atom. The average Bonchev–Trinajstić information content (AvgIpc) is 3.02. The van der Waals surface area contributed by atoms with E-state index in [0.29, 0.717) is 12.5 Å². The highest BCUT2D eigenvalue weighted by atomic mass is 19.4. The van der Waals surface area contributed by atoms with Crippen LogP contribution >= 0.6 is 0 Å². The number of alkyl halides is 3. The molecule has 3 rings (SSSR count). The van der Waals surface area contributed by atoms with Crippen molar-refractivity contribution in [3.05, 3.63) is 35.9 Å². The van der Waals surface area contributed by atoms with Gasteiger partial charge >= 0.3 is 12.1 Å². The smallest absolute Gasteiger partial charge is 0.475 e. The van der Waals surface area contributed by atoms with Crippen molar-refractivity contribution in [1.29, 1.82) is 5.26 Å². The number of benzene rings is 1. The third-order valence-corrected chi connectivity index (χ3v) is 4.78. The van der Waals surface area contributed by atoms with Gasteiger partial charge in [-0.1, -0.05) is 30.3 Å². The van der Waals surface area contributed by atoms with Crippen LogP contribution in [-0.2, 0) is 9.53 Å². The number of piperidine rings is 1. The molecule has 2 aliphatic heterocycles. The number of carbonyl (C=O) groups is 1. The number of carboxylic acid groups (broad SMARTS) is 1. The van der Waals surface area contributed by atoms with Gasteiger partial charge in [0.25, 0.3) is 0 Å². The second-order valence-electron chi connectivity index (χ2n) is 6.54. The summed E-state index contributed by atoms with van der Waals surface area (Å²) in [7, 11) is 0. The number of nitriles is 1. The topological polar surface area (TPSA) is 73.6 Å². The summed E-state index contributed by atoms with van der Waals surface area (Å²) >= 11 is 0. The van der Waals surface area contributed by atoms with Crippen molar-refractivity contribution in [2.45, 2.75) is 37.0 Å². The molecular formula is C18H21F3N2O3. The van der Waals surface area contributed by atoms with Crippen molar-refractivity contribution in [3.8, 4) is 6.07 Å². The van der Waals surface area contributed by atoms with Crippen molar-refractivity contribution in [1.82, 2.24) is 4.90 Å². The minimum Gasteiger partial charge on any atom is -0.475 e. The molecule has 142 valence electrons. The van der Waals surface area contributed by atoms with Crippen LogP contribution in [0.4, 0.5) is 13.2 Å². The maximum absolute atomic E-state index is 10.6. The van der Waals surface area contributed by atoms with Crippen LogP contribution in [0, 0.1) is 11.3 Å². The van der Waals surface area contributed by atoms with E-state index in [9.17, 15) is 13.2 Å². The molecular weight excluding hydrogens is 349 g/mol. The summed E-state index contributed by atoms with van der Waals surface area (Å²) in [5.41, 5.74) is 1.48. The van der Waals surface area contributed by atoms with Crippen LogP contribution in [0.5, 0.6) is 0 Å². The number of nitrogens with zero attached hydrogens (tertiary/aromatic N) is 2. The number of hydrogen-bond acceptors (Lipinski definition) is 4. The zero-order valence-electron chi connectivity index (χ0n) is 14.2. The Morgan fingerprint density at radius 1 is 1.31 bits per heavy atom. The van der Waals surface area contributed by atoms with E-state index < -0.39 is 12.1 Å². The maximum Gasteiger partial charge on any atom is 0.490 e. The fourth-order valence-electron chi connectivity index (χ4n) is 3.35. The first-order chi connectivity index (χ1) is 12.3. The summed E-state index contributed by atoms with van der Waals surface area (Å²) in [6.45, 7) is 3.39. The van der Waals surface area contributed by atoms with Crippen molar-refractivity contribution < 1.29 is 27.8 Å². The molecule has 5 nitrogen and oxygen atoms in total. The third-order valence-electron chi connectivity index (χ3n) is 4.78. The van der Waals surface area contributed by atoms with Crippen molar-refractivity contribution in [2.75, 3.05) is 26.2 Å². The van der Waals surface area contributed by atoms with Crippen molar-refractivity contribution in [3.63, 3.8) is 0 Å². The number of aliphatic carboxylic acids is 1. The fraction of sp³-hybridized carbons (Fsp3) is 0.556. The molecule has 26 heavy (non-hydrogen) atoms. The van der Waals surface area contributed by atoms with Crippen molar-refractivity contribution in [2.24, 2.45) is 0 Å².